The molecule has 1 rings (SSSR count). The molecule has 70 valence electrons. The number of carbonyl (C=O) groups excluding carboxylic acids is 1. The van der Waals surface area contributed by atoms with Crippen LogP contribution in [-0.4, -0.2) is 35.2 Å². The highest BCUT2D eigenvalue weighted by Crippen LogP contribution is 2.27. The minimum Gasteiger partial charge on any atom is -0.329 e. The highest BCUT2D eigenvalue weighted by atomic mass is 35.5. The summed E-state index contributed by atoms with van der Waals surface area (Å²) in [6.45, 7) is 0.789. The first-order chi connectivity index (χ1) is 5.46. The lowest BCUT2D eigenvalue weighted by Crippen LogP contribution is -2.60. The summed E-state index contributed by atoms with van der Waals surface area (Å²) in [5.41, 5.74) is 0. The molecule has 0 unspecified atom stereocenters. The smallest absolute Gasteiger partial charge is 0.282 e. The molecule has 0 bridgehead atoms. The molecule has 0 aromatic rings. The van der Waals surface area contributed by atoms with Crippen LogP contribution in [0, 0.1) is 0 Å². The highest BCUT2D eigenvalue weighted by molar-refractivity contribution is 6.30. The molecule has 0 radical (unpaired) electrons. The average molecular weight is 198 g/mol. The molecule has 2 nitrogen and oxygen atoms in total. The van der Waals surface area contributed by atoms with Crippen LogP contribution < -0.4 is 0 Å². The second kappa shape index (κ2) is 3.17. The van der Waals surface area contributed by atoms with Gasteiger partial charge in [0.15, 0.2) is 0 Å². The van der Waals surface area contributed by atoms with Crippen molar-refractivity contribution in [3.05, 3.63) is 0 Å². The van der Waals surface area contributed by atoms with Crippen LogP contribution in [0.4, 0.5) is 8.78 Å². The molecule has 1 heterocycles. The number of hydrogen-bond donors (Lipinski definition) is 0. The molecular weight excluding hydrogens is 188 g/mol. The molecular formula is C7H10ClF2NO. The number of likely N-dealkylation sites (tertiary alicyclic amines) is 1. The molecule has 0 aromatic carbocycles. The topological polar surface area (TPSA) is 20.3 Å². The summed E-state index contributed by atoms with van der Waals surface area (Å²) in [4.78, 5) is 12.2. The summed E-state index contributed by atoms with van der Waals surface area (Å²) in [5, 5.41) is -0.652. The van der Waals surface area contributed by atoms with Crippen LogP contribution in [0.3, 0.4) is 0 Å². The molecule has 12 heavy (non-hydrogen) atoms. The van der Waals surface area contributed by atoms with Crippen molar-refractivity contribution >= 4 is 17.5 Å². The van der Waals surface area contributed by atoms with Gasteiger partial charge in [-0.3, -0.25) is 4.79 Å². The molecule has 1 aliphatic heterocycles. The fourth-order valence-electron chi connectivity index (χ4n) is 1.04. The van der Waals surface area contributed by atoms with Crippen molar-refractivity contribution in [1.29, 1.82) is 0 Å². The van der Waals surface area contributed by atoms with Crippen LogP contribution in [0.15, 0.2) is 0 Å². The molecule has 0 aromatic heterocycles. The molecule has 1 aliphatic rings. The van der Waals surface area contributed by atoms with Gasteiger partial charge in [0.1, 0.15) is 5.38 Å². The Morgan fingerprint density at radius 1 is 1.67 bits per heavy atom. The van der Waals surface area contributed by atoms with Crippen LogP contribution in [0.1, 0.15) is 13.3 Å². The van der Waals surface area contributed by atoms with Gasteiger partial charge in [-0.2, -0.15) is 0 Å². The summed E-state index contributed by atoms with van der Waals surface area (Å²) < 4.78 is 24.6. The van der Waals surface area contributed by atoms with Crippen LogP contribution in [-0.2, 0) is 4.79 Å². The van der Waals surface area contributed by atoms with E-state index in [0.29, 0.717) is 6.42 Å². The van der Waals surface area contributed by atoms with Crippen molar-refractivity contribution in [3.8, 4) is 0 Å². The summed E-state index contributed by atoms with van der Waals surface area (Å²) in [6, 6.07) is 0. The first-order valence-corrected chi connectivity index (χ1v) is 4.20. The average Bonchev–Trinajstić information content (AvgIpc) is 1.97. The third kappa shape index (κ3) is 1.86. The van der Waals surface area contributed by atoms with Gasteiger partial charge in [-0.05, 0) is 6.42 Å². The molecule has 0 saturated carbocycles. The van der Waals surface area contributed by atoms with E-state index in [1.54, 1.807) is 6.92 Å². The van der Waals surface area contributed by atoms with Crippen LogP contribution >= 0.6 is 11.6 Å². The Morgan fingerprint density at radius 2 is 2.17 bits per heavy atom. The third-order valence-electron chi connectivity index (χ3n) is 1.78. The maximum atomic E-state index is 12.3. The number of hydrogen-bond acceptors (Lipinski definition) is 1. The molecule has 0 N–H and O–H groups in total. The minimum atomic E-state index is -2.69. The zero-order chi connectivity index (χ0) is 9.35. The van der Waals surface area contributed by atoms with Crippen molar-refractivity contribution < 1.29 is 13.6 Å². The van der Waals surface area contributed by atoms with Crippen LogP contribution in [0.25, 0.3) is 0 Å². The van der Waals surface area contributed by atoms with Crippen LogP contribution in [0.5, 0.6) is 0 Å². The summed E-state index contributed by atoms with van der Waals surface area (Å²) in [6.07, 6.45) is 0.475. The van der Waals surface area contributed by atoms with E-state index in [1.807, 2.05) is 0 Å². The number of alkyl halides is 3. The molecule has 1 saturated heterocycles. The van der Waals surface area contributed by atoms with Crippen molar-refractivity contribution in [3.63, 3.8) is 0 Å². The van der Waals surface area contributed by atoms with Crippen molar-refractivity contribution in [2.75, 3.05) is 13.1 Å². The largest absolute Gasteiger partial charge is 0.329 e. The summed E-state index contributed by atoms with van der Waals surface area (Å²) in [7, 11) is 0. The lowest BCUT2D eigenvalue weighted by molar-refractivity contribution is -0.165. The van der Waals surface area contributed by atoms with Gasteiger partial charge >= 0.3 is 0 Å². The van der Waals surface area contributed by atoms with Gasteiger partial charge in [0.25, 0.3) is 5.92 Å². The van der Waals surface area contributed by atoms with Gasteiger partial charge in [0.05, 0.1) is 13.1 Å². The number of halogens is 3. The number of nitrogens with zero attached hydrogens (tertiary/aromatic N) is 1. The summed E-state index contributed by atoms with van der Waals surface area (Å²) in [5.74, 6) is -3.08. The Hall–Kier alpha value is -0.380. The predicted molar refractivity (Wildman–Crippen MR) is 41.5 cm³/mol. The van der Waals surface area contributed by atoms with Gasteiger partial charge in [0, 0.05) is 0 Å². The molecule has 1 amide bonds. The Kier molecular flexibility index (Phi) is 2.56. The lowest BCUT2D eigenvalue weighted by Gasteiger charge is -2.39. The minimum absolute atomic E-state index is 0.384. The molecule has 5 heteroatoms. The van der Waals surface area contributed by atoms with Crippen molar-refractivity contribution in [2.24, 2.45) is 0 Å². The highest BCUT2D eigenvalue weighted by Gasteiger charge is 2.47. The van der Waals surface area contributed by atoms with Gasteiger partial charge < -0.3 is 4.90 Å². The lowest BCUT2D eigenvalue weighted by atomic mass is 10.1. The zero-order valence-electron chi connectivity index (χ0n) is 6.69. The monoisotopic (exact) mass is 197 g/mol. The van der Waals surface area contributed by atoms with E-state index < -0.39 is 24.4 Å². The van der Waals surface area contributed by atoms with Gasteiger partial charge in [-0.25, -0.2) is 8.78 Å². The predicted octanol–water partition coefficient (Wildman–Crippen LogP) is 1.48. The fourth-order valence-corrected chi connectivity index (χ4v) is 1.18. The summed E-state index contributed by atoms with van der Waals surface area (Å²) >= 11 is 5.58. The number of carbonyl (C=O) groups is 1. The van der Waals surface area contributed by atoms with Crippen molar-refractivity contribution in [1.82, 2.24) is 4.90 Å². The first-order valence-electron chi connectivity index (χ1n) is 3.77. The Morgan fingerprint density at radius 3 is 2.50 bits per heavy atom. The maximum Gasteiger partial charge on any atom is 0.282 e. The standard InChI is InChI=1S/C7H10ClF2NO/c1-2-5(8)6(12)11-3-7(9,10)4-11/h5H,2-4H2,1H3/t5-/m1/s1. The number of rotatable bonds is 2. The molecule has 1 atom stereocenters. The van der Waals surface area contributed by atoms with E-state index >= 15 is 0 Å². The van der Waals surface area contributed by atoms with Crippen LogP contribution in [0.2, 0.25) is 0 Å². The fraction of sp³-hybridized carbons (Fsp3) is 0.857. The Balaban J connectivity index is 2.38. The molecule has 0 aliphatic carbocycles. The third-order valence-corrected chi connectivity index (χ3v) is 2.28. The molecule has 1 fully saturated rings. The van der Waals surface area contributed by atoms with Gasteiger partial charge in [-0.15, -0.1) is 11.6 Å². The van der Waals surface area contributed by atoms with E-state index in [-0.39, 0.29) is 5.91 Å². The van der Waals surface area contributed by atoms with E-state index in [9.17, 15) is 13.6 Å². The second-order valence-corrected chi connectivity index (χ2v) is 3.45. The van der Waals surface area contributed by atoms with E-state index in [0.717, 1.165) is 4.90 Å². The maximum absolute atomic E-state index is 12.3. The first kappa shape index (κ1) is 9.71. The molecule has 0 spiro atoms. The van der Waals surface area contributed by atoms with Gasteiger partial charge in [-0.1, -0.05) is 6.92 Å². The van der Waals surface area contributed by atoms with E-state index in [2.05, 4.69) is 0 Å². The quantitative estimate of drug-likeness (QED) is 0.614. The van der Waals surface area contributed by atoms with Gasteiger partial charge in [0.2, 0.25) is 5.91 Å². The zero-order valence-corrected chi connectivity index (χ0v) is 7.44. The second-order valence-electron chi connectivity index (χ2n) is 2.93. The van der Waals surface area contributed by atoms with E-state index in [4.69, 9.17) is 11.6 Å². The normalized spacial score (nSPS) is 23.2. The van der Waals surface area contributed by atoms with E-state index in [1.165, 1.54) is 0 Å². The number of amides is 1. The Labute approximate surface area is 74.5 Å². The SMILES string of the molecule is CC[C@@H](Cl)C(=O)N1CC(F)(F)C1. The van der Waals surface area contributed by atoms with Crippen molar-refractivity contribution in [2.45, 2.75) is 24.6 Å². The Bertz CT molecular complexity index is 190.